The van der Waals surface area contributed by atoms with E-state index in [9.17, 15) is 13.6 Å². The molecule has 1 aromatic carbocycles. The summed E-state index contributed by atoms with van der Waals surface area (Å²) in [6, 6.07) is 10.9. The van der Waals surface area contributed by atoms with Gasteiger partial charge in [0.15, 0.2) is 11.8 Å². The molecule has 0 fully saturated rings. The zero-order valence-electron chi connectivity index (χ0n) is 15.1. The maximum Gasteiger partial charge on any atom is 0.333 e. The molecule has 1 amide bonds. The Bertz CT molecular complexity index is 971. The number of methoxy groups -OCH3 is 1. The zero-order valence-corrected chi connectivity index (χ0v) is 15.1. The Morgan fingerprint density at radius 1 is 1.25 bits per heavy atom. The molecule has 1 unspecified atom stereocenters. The van der Waals surface area contributed by atoms with Crippen LogP contribution in [0.4, 0.5) is 8.78 Å². The standard InChI is InChI=1S/C19H18F2N4O3/c1-27-16(12-5-3-2-4-6-12)17-22-14-11-24(9-8-15(14)28-17)18(26)13-7-10-25(23-13)19(20)21/h2-7,10,16,19H,8-9,11H2,1H3. The lowest BCUT2D eigenvalue weighted by atomic mass is 10.1. The second-order valence-corrected chi connectivity index (χ2v) is 6.38. The molecule has 1 aliphatic rings. The van der Waals surface area contributed by atoms with Gasteiger partial charge in [0.2, 0.25) is 5.89 Å². The first kappa shape index (κ1) is 18.3. The number of aromatic nitrogens is 3. The summed E-state index contributed by atoms with van der Waals surface area (Å²) in [7, 11) is 1.58. The number of nitrogens with zero attached hydrogens (tertiary/aromatic N) is 4. The number of alkyl halides is 2. The van der Waals surface area contributed by atoms with Gasteiger partial charge in [-0.15, -0.1) is 0 Å². The molecule has 0 radical (unpaired) electrons. The largest absolute Gasteiger partial charge is 0.442 e. The van der Waals surface area contributed by atoms with Crippen molar-refractivity contribution < 1.29 is 22.7 Å². The van der Waals surface area contributed by atoms with E-state index in [0.29, 0.717) is 35.0 Å². The Labute approximate surface area is 159 Å². The van der Waals surface area contributed by atoms with Crippen molar-refractivity contribution in [2.24, 2.45) is 0 Å². The van der Waals surface area contributed by atoms with Crippen LogP contribution in [0.1, 0.15) is 46.1 Å². The molecule has 0 aliphatic carbocycles. The SMILES string of the molecule is COC(c1ccccc1)c1nc2c(o1)CCN(C(=O)c1ccn(C(F)F)n1)C2. The quantitative estimate of drug-likeness (QED) is 0.671. The van der Waals surface area contributed by atoms with Crippen LogP contribution >= 0.6 is 0 Å². The van der Waals surface area contributed by atoms with E-state index in [1.807, 2.05) is 30.3 Å². The minimum atomic E-state index is -2.78. The first-order valence-electron chi connectivity index (χ1n) is 8.75. The van der Waals surface area contributed by atoms with E-state index in [0.717, 1.165) is 11.8 Å². The molecule has 0 N–H and O–H groups in total. The van der Waals surface area contributed by atoms with Crippen LogP contribution in [0.3, 0.4) is 0 Å². The number of oxazole rings is 1. The average Bonchev–Trinajstić information content (AvgIpc) is 3.35. The lowest BCUT2D eigenvalue weighted by Crippen LogP contribution is -2.36. The molecule has 2 aromatic heterocycles. The molecule has 4 rings (SSSR count). The fraction of sp³-hybridized carbons (Fsp3) is 0.316. The monoisotopic (exact) mass is 388 g/mol. The molecule has 0 saturated carbocycles. The van der Waals surface area contributed by atoms with E-state index in [4.69, 9.17) is 9.15 Å². The van der Waals surface area contributed by atoms with Crippen LogP contribution in [0.15, 0.2) is 47.0 Å². The Kier molecular flexibility index (Phi) is 4.91. The van der Waals surface area contributed by atoms with Crippen LogP contribution in [0.25, 0.3) is 0 Å². The number of benzene rings is 1. The van der Waals surface area contributed by atoms with Crippen LogP contribution in [0.2, 0.25) is 0 Å². The van der Waals surface area contributed by atoms with Gasteiger partial charge in [-0.2, -0.15) is 13.9 Å². The van der Waals surface area contributed by atoms with Gasteiger partial charge in [-0.05, 0) is 11.6 Å². The summed E-state index contributed by atoms with van der Waals surface area (Å²) in [5.41, 5.74) is 1.53. The molecule has 0 spiro atoms. The highest BCUT2D eigenvalue weighted by molar-refractivity contribution is 5.92. The van der Waals surface area contributed by atoms with Gasteiger partial charge in [-0.25, -0.2) is 9.67 Å². The van der Waals surface area contributed by atoms with Crippen molar-refractivity contribution in [2.75, 3.05) is 13.7 Å². The van der Waals surface area contributed by atoms with Gasteiger partial charge in [0.05, 0.1) is 6.54 Å². The maximum atomic E-state index is 12.7. The van der Waals surface area contributed by atoms with Crippen molar-refractivity contribution in [3.8, 4) is 0 Å². The van der Waals surface area contributed by atoms with Gasteiger partial charge in [0.1, 0.15) is 11.5 Å². The van der Waals surface area contributed by atoms with E-state index in [1.165, 1.54) is 11.0 Å². The fourth-order valence-electron chi connectivity index (χ4n) is 3.23. The number of rotatable bonds is 5. The van der Waals surface area contributed by atoms with E-state index in [-0.39, 0.29) is 12.2 Å². The molecule has 0 bridgehead atoms. The highest BCUT2D eigenvalue weighted by Gasteiger charge is 2.30. The number of ether oxygens (including phenoxy) is 1. The van der Waals surface area contributed by atoms with Crippen molar-refractivity contribution in [3.05, 3.63) is 71.2 Å². The van der Waals surface area contributed by atoms with Crippen LogP contribution in [0, 0.1) is 0 Å². The van der Waals surface area contributed by atoms with E-state index >= 15 is 0 Å². The van der Waals surface area contributed by atoms with Crippen molar-refractivity contribution in [3.63, 3.8) is 0 Å². The van der Waals surface area contributed by atoms with Crippen molar-refractivity contribution >= 4 is 5.91 Å². The Morgan fingerprint density at radius 3 is 2.71 bits per heavy atom. The molecule has 3 heterocycles. The first-order chi connectivity index (χ1) is 13.6. The lowest BCUT2D eigenvalue weighted by molar-refractivity contribution is 0.0549. The lowest BCUT2D eigenvalue weighted by Gasteiger charge is -2.24. The summed E-state index contributed by atoms with van der Waals surface area (Å²) in [6.45, 7) is -2.16. The second-order valence-electron chi connectivity index (χ2n) is 6.38. The third-order valence-electron chi connectivity index (χ3n) is 4.62. The molecular formula is C19H18F2N4O3. The molecule has 28 heavy (non-hydrogen) atoms. The van der Waals surface area contributed by atoms with Crippen molar-refractivity contribution in [1.29, 1.82) is 0 Å². The van der Waals surface area contributed by atoms with Gasteiger partial charge in [0, 0.05) is 26.3 Å². The molecule has 1 atom stereocenters. The van der Waals surface area contributed by atoms with Gasteiger partial charge < -0.3 is 14.1 Å². The average molecular weight is 388 g/mol. The van der Waals surface area contributed by atoms with Crippen molar-refractivity contribution in [1.82, 2.24) is 19.7 Å². The third-order valence-corrected chi connectivity index (χ3v) is 4.62. The molecule has 3 aromatic rings. The van der Waals surface area contributed by atoms with Gasteiger partial charge >= 0.3 is 6.55 Å². The number of halogens is 2. The highest BCUT2D eigenvalue weighted by Crippen LogP contribution is 2.29. The van der Waals surface area contributed by atoms with E-state index in [1.54, 1.807) is 7.11 Å². The minimum absolute atomic E-state index is 0.0217. The summed E-state index contributed by atoms with van der Waals surface area (Å²) in [6.07, 6.45) is 1.12. The summed E-state index contributed by atoms with van der Waals surface area (Å²) in [5, 5.41) is 3.64. The van der Waals surface area contributed by atoms with Crippen LogP contribution in [-0.2, 0) is 17.7 Å². The van der Waals surface area contributed by atoms with Gasteiger partial charge in [-0.1, -0.05) is 30.3 Å². The third kappa shape index (κ3) is 3.40. The van der Waals surface area contributed by atoms with Crippen LogP contribution in [0.5, 0.6) is 0 Å². The zero-order chi connectivity index (χ0) is 19.7. The summed E-state index contributed by atoms with van der Waals surface area (Å²) < 4.78 is 37.2. The Hall–Kier alpha value is -3.07. The molecule has 0 saturated heterocycles. The predicted octanol–water partition coefficient (Wildman–Crippen LogP) is 3.20. The maximum absolute atomic E-state index is 12.7. The topological polar surface area (TPSA) is 73.4 Å². The number of hydrogen-bond donors (Lipinski definition) is 0. The number of carbonyl (C=O) groups excluding carboxylic acids is 1. The van der Waals surface area contributed by atoms with Crippen molar-refractivity contribution in [2.45, 2.75) is 25.6 Å². The molecule has 7 nitrogen and oxygen atoms in total. The molecule has 9 heteroatoms. The van der Waals surface area contributed by atoms with Crippen LogP contribution in [-0.4, -0.2) is 39.2 Å². The van der Waals surface area contributed by atoms with Gasteiger partial charge in [-0.3, -0.25) is 4.79 Å². The minimum Gasteiger partial charge on any atom is -0.442 e. The summed E-state index contributed by atoms with van der Waals surface area (Å²) >= 11 is 0. The normalized spacial score (nSPS) is 14.9. The first-order valence-corrected chi connectivity index (χ1v) is 8.75. The van der Waals surface area contributed by atoms with E-state index in [2.05, 4.69) is 10.1 Å². The number of hydrogen-bond acceptors (Lipinski definition) is 5. The number of fused-ring (bicyclic) bond motifs is 1. The Balaban J connectivity index is 1.53. The molecular weight excluding hydrogens is 370 g/mol. The van der Waals surface area contributed by atoms with Crippen LogP contribution < -0.4 is 0 Å². The summed E-state index contributed by atoms with van der Waals surface area (Å²) in [4.78, 5) is 18.6. The predicted molar refractivity (Wildman–Crippen MR) is 93.7 cm³/mol. The Morgan fingerprint density at radius 2 is 2.04 bits per heavy atom. The molecule has 1 aliphatic heterocycles. The fourth-order valence-corrected chi connectivity index (χ4v) is 3.23. The summed E-state index contributed by atoms with van der Waals surface area (Å²) in [5.74, 6) is 0.714. The smallest absolute Gasteiger partial charge is 0.333 e. The second kappa shape index (κ2) is 7.51. The number of carbonyl (C=O) groups is 1. The highest BCUT2D eigenvalue weighted by atomic mass is 19.3. The molecule has 146 valence electrons. The van der Waals surface area contributed by atoms with Gasteiger partial charge in [0.25, 0.3) is 5.91 Å². The van der Waals surface area contributed by atoms with E-state index < -0.39 is 18.6 Å². The number of amides is 1.